The standard InChI is InChI=1S/C23H30N4O3/c1-5-25-22(28)17-8-6-16(7-9-17)14-26-23(24-2)27-11-10-18-12-20(29-3)21(30-4)13-19(18)15-27/h6-9,12-13H,5,10-11,14-15H2,1-4H3,(H,24,26)(H,25,28). The number of rotatable bonds is 6. The second kappa shape index (κ2) is 10.0. The minimum absolute atomic E-state index is 0.0492. The van der Waals surface area contributed by atoms with E-state index in [-0.39, 0.29) is 5.91 Å². The largest absolute Gasteiger partial charge is 0.493 e. The minimum Gasteiger partial charge on any atom is -0.493 e. The number of methoxy groups -OCH3 is 2. The normalized spacial score (nSPS) is 13.5. The highest BCUT2D eigenvalue weighted by molar-refractivity contribution is 5.94. The number of aliphatic imine (C=N–C) groups is 1. The third-order valence-corrected chi connectivity index (χ3v) is 5.23. The van der Waals surface area contributed by atoms with Crippen molar-refractivity contribution in [2.75, 3.05) is 34.4 Å². The molecule has 0 bridgehead atoms. The van der Waals surface area contributed by atoms with Gasteiger partial charge in [-0.2, -0.15) is 0 Å². The molecule has 1 amide bonds. The zero-order valence-electron chi connectivity index (χ0n) is 18.1. The molecule has 2 aromatic rings. The Balaban J connectivity index is 1.64. The van der Waals surface area contributed by atoms with Crippen LogP contribution < -0.4 is 20.1 Å². The van der Waals surface area contributed by atoms with E-state index in [0.717, 1.165) is 42.5 Å². The number of hydrogen-bond acceptors (Lipinski definition) is 4. The van der Waals surface area contributed by atoms with Gasteiger partial charge in [0.2, 0.25) is 0 Å². The third-order valence-electron chi connectivity index (χ3n) is 5.23. The van der Waals surface area contributed by atoms with Gasteiger partial charge < -0.3 is 25.0 Å². The van der Waals surface area contributed by atoms with Gasteiger partial charge in [0.1, 0.15) is 0 Å². The van der Waals surface area contributed by atoms with Crippen molar-refractivity contribution in [2.24, 2.45) is 4.99 Å². The van der Waals surface area contributed by atoms with Gasteiger partial charge in [-0.05, 0) is 54.3 Å². The number of fused-ring (bicyclic) bond motifs is 1. The van der Waals surface area contributed by atoms with Gasteiger partial charge in [0.15, 0.2) is 17.5 Å². The van der Waals surface area contributed by atoms with E-state index in [4.69, 9.17) is 9.47 Å². The number of carbonyl (C=O) groups is 1. The lowest BCUT2D eigenvalue weighted by Gasteiger charge is -2.32. The Morgan fingerprint density at radius 3 is 2.33 bits per heavy atom. The summed E-state index contributed by atoms with van der Waals surface area (Å²) in [6.07, 6.45) is 0.914. The van der Waals surface area contributed by atoms with Gasteiger partial charge in [0, 0.05) is 38.8 Å². The molecule has 0 fully saturated rings. The van der Waals surface area contributed by atoms with Gasteiger partial charge in [-0.3, -0.25) is 9.79 Å². The average Bonchev–Trinajstić information content (AvgIpc) is 2.78. The van der Waals surface area contributed by atoms with E-state index in [9.17, 15) is 4.79 Å². The lowest BCUT2D eigenvalue weighted by molar-refractivity contribution is 0.0956. The molecule has 0 aromatic heterocycles. The Morgan fingerprint density at radius 1 is 1.07 bits per heavy atom. The molecule has 0 radical (unpaired) electrons. The quantitative estimate of drug-likeness (QED) is 0.566. The molecule has 2 aromatic carbocycles. The molecule has 30 heavy (non-hydrogen) atoms. The third kappa shape index (κ3) is 4.84. The van der Waals surface area contributed by atoms with E-state index in [2.05, 4.69) is 26.6 Å². The van der Waals surface area contributed by atoms with Crippen molar-refractivity contribution in [1.82, 2.24) is 15.5 Å². The number of carbonyl (C=O) groups excluding carboxylic acids is 1. The fourth-order valence-electron chi connectivity index (χ4n) is 3.61. The predicted molar refractivity (Wildman–Crippen MR) is 118 cm³/mol. The Labute approximate surface area is 178 Å². The minimum atomic E-state index is -0.0492. The van der Waals surface area contributed by atoms with Crippen molar-refractivity contribution in [3.8, 4) is 11.5 Å². The van der Waals surface area contributed by atoms with Crippen LogP contribution in [0.5, 0.6) is 11.5 Å². The van der Waals surface area contributed by atoms with Crippen LogP contribution >= 0.6 is 0 Å². The summed E-state index contributed by atoms with van der Waals surface area (Å²) in [4.78, 5) is 18.6. The number of benzene rings is 2. The molecule has 0 atom stereocenters. The molecule has 0 spiro atoms. The molecule has 2 N–H and O–H groups in total. The summed E-state index contributed by atoms with van der Waals surface area (Å²) in [5.74, 6) is 2.31. The van der Waals surface area contributed by atoms with Crippen LogP contribution in [0.4, 0.5) is 0 Å². The Hall–Kier alpha value is -3.22. The van der Waals surface area contributed by atoms with E-state index < -0.39 is 0 Å². The molecule has 7 heteroatoms. The van der Waals surface area contributed by atoms with Gasteiger partial charge in [0.05, 0.1) is 14.2 Å². The topological polar surface area (TPSA) is 75.2 Å². The van der Waals surface area contributed by atoms with Crippen LogP contribution in [0.25, 0.3) is 0 Å². The van der Waals surface area contributed by atoms with Crippen molar-refractivity contribution < 1.29 is 14.3 Å². The van der Waals surface area contributed by atoms with Crippen LogP contribution in [0.3, 0.4) is 0 Å². The molecule has 1 aliphatic rings. The van der Waals surface area contributed by atoms with Gasteiger partial charge in [-0.1, -0.05) is 12.1 Å². The zero-order valence-corrected chi connectivity index (χ0v) is 18.1. The first-order valence-corrected chi connectivity index (χ1v) is 10.2. The number of hydrogen-bond donors (Lipinski definition) is 2. The number of nitrogens with one attached hydrogen (secondary N) is 2. The van der Waals surface area contributed by atoms with Crippen molar-refractivity contribution in [3.63, 3.8) is 0 Å². The fraction of sp³-hybridized carbons (Fsp3) is 0.391. The Morgan fingerprint density at radius 2 is 1.73 bits per heavy atom. The van der Waals surface area contributed by atoms with Crippen LogP contribution in [0.2, 0.25) is 0 Å². The van der Waals surface area contributed by atoms with Crippen LogP contribution in [0, 0.1) is 0 Å². The lowest BCUT2D eigenvalue weighted by Crippen LogP contribution is -2.43. The first-order valence-electron chi connectivity index (χ1n) is 10.2. The highest BCUT2D eigenvalue weighted by Crippen LogP contribution is 2.33. The smallest absolute Gasteiger partial charge is 0.251 e. The molecule has 0 saturated heterocycles. The summed E-state index contributed by atoms with van der Waals surface area (Å²) in [5.41, 5.74) is 4.25. The molecule has 3 rings (SSSR count). The Bertz CT molecular complexity index is 909. The maximum Gasteiger partial charge on any atom is 0.251 e. The SMILES string of the molecule is CCNC(=O)c1ccc(CNC(=NC)N2CCc3cc(OC)c(OC)cc3C2)cc1. The second-order valence-electron chi connectivity index (χ2n) is 7.10. The molecule has 1 aliphatic heterocycles. The van der Waals surface area contributed by atoms with Crippen LogP contribution in [0.15, 0.2) is 41.4 Å². The van der Waals surface area contributed by atoms with Crippen LogP contribution in [-0.4, -0.2) is 51.1 Å². The lowest BCUT2D eigenvalue weighted by atomic mass is 9.99. The predicted octanol–water partition coefficient (Wildman–Crippen LogP) is 2.59. The summed E-state index contributed by atoms with van der Waals surface area (Å²) in [7, 11) is 5.11. The van der Waals surface area contributed by atoms with E-state index in [1.54, 1.807) is 21.3 Å². The van der Waals surface area contributed by atoms with E-state index in [1.165, 1.54) is 11.1 Å². The molecule has 0 unspecified atom stereocenters. The van der Waals surface area contributed by atoms with E-state index in [1.807, 2.05) is 37.3 Å². The molecule has 160 valence electrons. The maximum atomic E-state index is 11.9. The summed E-state index contributed by atoms with van der Waals surface area (Å²) in [5, 5.41) is 6.24. The van der Waals surface area contributed by atoms with Gasteiger partial charge in [-0.15, -0.1) is 0 Å². The highest BCUT2D eigenvalue weighted by atomic mass is 16.5. The van der Waals surface area contributed by atoms with Gasteiger partial charge in [-0.25, -0.2) is 0 Å². The number of amides is 1. The molecule has 0 aliphatic carbocycles. The molecule has 0 saturated carbocycles. The van der Waals surface area contributed by atoms with Crippen molar-refractivity contribution in [1.29, 1.82) is 0 Å². The van der Waals surface area contributed by atoms with Crippen molar-refractivity contribution >= 4 is 11.9 Å². The summed E-state index contributed by atoms with van der Waals surface area (Å²) >= 11 is 0. The number of ether oxygens (including phenoxy) is 2. The highest BCUT2D eigenvalue weighted by Gasteiger charge is 2.21. The first-order chi connectivity index (χ1) is 14.6. The summed E-state index contributed by atoms with van der Waals surface area (Å²) in [6, 6.07) is 11.7. The second-order valence-corrected chi connectivity index (χ2v) is 7.10. The summed E-state index contributed by atoms with van der Waals surface area (Å²) in [6.45, 7) is 4.80. The van der Waals surface area contributed by atoms with Crippen LogP contribution in [0.1, 0.15) is 34.0 Å². The fourth-order valence-corrected chi connectivity index (χ4v) is 3.61. The number of guanidine groups is 1. The molecular weight excluding hydrogens is 380 g/mol. The zero-order chi connectivity index (χ0) is 21.5. The van der Waals surface area contributed by atoms with Crippen molar-refractivity contribution in [2.45, 2.75) is 26.4 Å². The van der Waals surface area contributed by atoms with E-state index >= 15 is 0 Å². The average molecular weight is 411 g/mol. The van der Waals surface area contributed by atoms with E-state index in [0.29, 0.717) is 18.7 Å². The van der Waals surface area contributed by atoms with Crippen LogP contribution in [-0.2, 0) is 19.5 Å². The summed E-state index contributed by atoms with van der Waals surface area (Å²) < 4.78 is 10.9. The first kappa shape index (κ1) is 21.5. The Kier molecular flexibility index (Phi) is 7.17. The molecular formula is C23H30N4O3. The molecule has 1 heterocycles. The molecule has 7 nitrogen and oxygen atoms in total. The van der Waals surface area contributed by atoms with Gasteiger partial charge >= 0.3 is 0 Å². The number of nitrogens with zero attached hydrogens (tertiary/aromatic N) is 2. The van der Waals surface area contributed by atoms with Crippen molar-refractivity contribution in [3.05, 3.63) is 58.7 Å². The maximum absolute atomic E-state index is 11.9. The van der Waals surface area contributed by atoms with Gasteiger partial charge in [0.25, 0.3) is 5.91 Å². The monoisotopic (exact) mass is 410 g/mol.